The molecule has 0 saturated carbocycles. The van der Waals surface area contributed by atoms with E-state index in [1.54, 1.807) is 19.2 Å². The number of nitrogens with one attached hydrogen (secondary N) is 1. The molecule has 1 atom stereocenters. The molecule has 1 aliphatic heterocycles. The third kappa shape index (κ3) is 4.99. The molecule has 152 valence electrons. The third-order valence-electron chi connectivity index (χ3n) is 5.00. The van der Waals surface area contributed by atoms with Crippen molar-refractivity contribution in [2.75, 3.05) is 26.7 Å². The second kappa shape index (κ2) is 9.46. The SMILES string of the molecule is COc1ccc(C(CNS(=O)(=O)c2cccc(Cl)c2Cl)N2CCCCC2)cc1. The molecular formula is C20H24Cl2N2O3S. The molecule has 0 radical (unpaired) electrons. The van der Waals surface area contributed by atoms with Gasteiger partial charge in [-0.1, -0.05) is 47.8 Å². The van der Waals surface area contributed by atoms with Crippen molar-refractivity contribution in [2.24, 2.45) is 0 Å². The molecule has 8 heteroatoms. The van der Waals surface area contributed by atoms with Crippen molar-refractivity contribution >= 4 is 33.2 Å². The molecule has 2 aromatic carbocycles. The molecule has 28 heavy (non-hydrogen) atoms. The van der Waals surface area contributed by atoms with Crippen LogP contribution < -0.4 is 9.46 Å². The van der Waals surface area contributed by atoms with Crippen LogP contribution >= 0.6 is 23.2 Å². The highest BCUT2D eigenvalue weighted by Gasteiger charge is 2.26. The van der Waals surface area contributed by atoms with Crippen LogP contribution in [0.25, 0.3) is 0 Å². The van der Waals surface area contributed by atoms with E-state index >= 15 is 0 Å². The van der Waals surface area contributed by atoms with Crippen molar-refractivity contribution in [3.05, 3.63) is 58.1 Å². The van der Waals surface area contributed by atoms with Gasteiger partial charge in [0.15, 0.2) is 0 Å². The number of sulfonamides is 1. The largest absolute Gasteiger partial charge is 0.497 e. The number of methoxy groups -OCH3 is 1. The van der Waals surface area contributed by atoms with E-state index in [0.29, 0.717) is 0 Å². The molecule has 5 nitrogen and oxygen atoms in total. The van der Waals surface area contributed by atoms with Crippen LogP contribution in [0.1, 0.15) is 30.9 Å². The zero-order valence-corrected chi connectivity index (χ0v) is 18.0. The van der Waals surface area contributed by atoms with E-state index in [9.17, 15) is 8.42 Å². The summed E-state index contributed by atoms with van der Waals surface area (Å²) in [6.45, 7) is 2.13. The van der Waals surface area contributed by atoms with Crippen LogP contribution in [0, 0.1) is 0 Å². The van der Waals surface area contributed by atoms with Crippen LogP contribution in [-0.4, -0.2) is 40.1 Å². The lowest BCUT2D eigenvalue weighted by Crippen LogP contribution is -2.40. The lowest BCUT2D eigenvalue weighted by molar-refractivity contribution is 0.164. The van der Waals surface area contributed by atoms with Gasteiger partial charge >= 0.3 is 0 Å². The van der Waals surface area contributed by atoms with Gasteiger partial charge in [0.1, 0.15) is 10.6 Å². The quantitative estimate of drug-likeness (QED) is 0.684. The first-order chi connectivity index (χ1) is 13.4. The van der Waals surface area contributed by atoms with Crippen LogP contribution in [0.3, 0.4) is 0 Å². The van der Waals surface area contributed by atoms with Crippen molar-refractivity contribution in [3.8, 4) is 5.75 Å². The lowest BCUT2D eigenvalue weighted by Gasteiger charge is -2.35. The minimum atomic E-state index is -3.79. The van der Waals surface area contributed by atoms with Gasteiger partial charge in [0, 0.05) is 12.6 Å². The highest BCUT2D eigenvalue weighted by Crippen LogP contribution is 2.30. The van der Waals surface area contributed by atoms with Gasteiger partial charge < -0.3 is 4.74 Å². The molecule has 1 unspecified atom stereocenters. The Hall–Kier alpha value is -1.31. The average Bonchev–Trinajstić information content (AvgIpc) is 2.71. The van der Waals surface area contributed by atoms with Crippen LogP contribution in [0.15, 0.2) is 47.4 Å². The van der Waals surface area contributed by atoms with Gasteiger partial charge in [-0.3, -0.25) is 4.90 Å². The van der Waals surface area contributed by atoms with Crippen molar-refractivity contribution < 1.29 is 13.2 Å². The van der Waals surface area contributed by atoms with Gasteiger partial charge in [-0.15, -0.1) is 0 Å². The highest BCUT2D eigenvalue weighted by molar-refractivity contribution is 7.89. The first kappa shape index (κ1) is 21.4. The minimum Gasteiger partial charge on any atom is -0.497 e. The highest BCUT2D eigenvalue weighted by atomic mass is 35.5. The fourth-order valence-corrected chi connectivity index (χ4v) is 5.27. The van der Waals surface area contributed by atoms with Crippen LogP contribution in [0.4, 0.5) is 0 Å². The summed E-state index contributed by atoms with van der Waals surface area (Å²) in [5.74, 6) is 0.771. The number of rotatable bonds is 7. The number of hydrogen-bond acceptors (Lipinski definition) is 4. The molecule has 0 aliphatic carbocycles. The summed E-state index contributed by atoms with van der Waals surface area (Å²) in [5, 5.41) is 0.253. The van der Waals surface area contributed by atoms with Crippen molar-refractivity contribution in [3.63, 3.8) is 0 Å². The molecule has 0 amide bonds. The van der Waals surface area contributed by atoms with Crippen molar-refractivity contribution in [1.82, 2.24) is 9.62 Å². The maximum Gasteiger partial charge on any atom is 0.242 e. The zero-order chi connectivity index (χ0) is 20.1. The number of benzene rings is 2. The van der Waals surface area contributed by atoms with E-state index in [1.807, 2.05) is 24.3 Å². The topological polar surface area (TPSA) is 58.6 Å². The lowest BCUT2D eigenvalue weighted by atomic mass is 10.0. The Kier molecular flexibility index (Phi) is 7.23. The van der Waals surface area contributed by atoms with Gasteiger partial charge in [-0.05, 0) is 55.8 Å². The molecule has 1 saturated heterocycles. The summed E-state index contributed by atoms with van der Waals surface area (Å²) < 4.78 is 33.6. The average molecular weight is 443 g/mol. The summed E-state index contributed by atoms with van der Waals surface area (Å²) in [7, 11) is -2.16. The predicted molar refractivity (Wildman–Crippen MR) is 113 cm³/mol. The number of halogens is 2. The number of piperidine rings is 1. The minimum absolute atomic E-state index is 0.00575. The van der Waals surface area contributed by atoms with E-state index < -0.39 is 10.0 Å². The Labute approximate surface area is 176 Å². The number of nitrogens with zero attached hydrogens (tertiary/aromatic N) is 1. The molecular weight excluding hydrogens is 419 g/mol. The van der Waals surface area contributed by atoms with Crippen molar-refractivity contribution in [2.45, 2.75) is 30.2 Å². The van der Waals surface area contributed by atoms with Gasteiger partial charge in [0.25, 0.3) is 0 Å². The van der Waals surface area contributed by atoms with E-state index in [2.05, 4.69) is 9.62 Å². The standard InChI is InChI=1S/C20H24Cl2N2O3S/c1-27-16-10-8-15(9-11-16)18(24-12-3-2-4-13-24)14-23-28(25,26)19-7-5-6-17(21)20(19)22/h5-11,18,23H,2-4,12-14H2,1H3. The Bertz CT molecular complexity index is 898. The fraction of sp³-hybridized carbons (Fsp3) is 0.400. The van der Waals surface area contributed by atoms with Gasteiger partial charge in [0.2, 0.25) is 10.0 Å². The fourth-order valence-electron chi connectivity index (χ4n) is 3.47. The molecule has 1 heterocycles. The predicted octanol–water partition coefficient (Wildman–Crippen LogP) is 4.51. The number of ether oxygens (including phenoxy) is 1. The van der Waals surface area contributed by atoms with E-state index in [4.69, 9.17) is 27.9 Å². The van der Waals surface area contributed by atoms with Crippen molar-refractivity contribution in [1.29, 1.82) is 0 Å². The molecule has 1 N–H and O–H groups in total. The van der Waals surface area contributed by atoms with E-state index in [-0.39, 0.29) is 27.5 Å². The Balaban J connectivity index is 1.83. The first-order valence-electron chi connectivity index (χ1n) is 9.24. The number of hydrogen-bond donors (Lipinski definition) is 1. The maximum atomic E-state index is 12.8. The Morgan fingerprint density at radius 1 is 1.07 bits per heavy atom. The summed E-state index contributed by atoms with van der Waals surface area (Å²) in [4.78, 5) is 2.32. The monoisotopic (exact) mass is 442 g/mol. The molecule has 1 aliphatic rings. The summed E-state index contributed by atoms with van der Waals surface area (Å²) in [6, 6.07) is 12.3. The van der Waals surface area contributed by atoms with Crippen LogP contribution in [-0.2, 0) is 10.0 Å². The van der Waals surface area contributed by atoms with Crippen LogP contribution in [0.5, 0.6) is 5.75 Å². The van der Waals surface area contributed by atoms with Gasteiger partial charge in [0.05, 0.1) is 17.2 Å². The second-order valence-corrected chi connectivity index (χ2v) is 9.31. The van der Waals surface area contributed by atoms with Gasteiger partial charge in [-0.25, -0.2) is 13.1 Å². The molecule has 0 spiro atoms. The molecule has 0 bridgehead atoms. The zero-order valence-electron chi connectivity index (χ0n) is 15.7. The number of likely N-dealkylation sites (tertiary alicyclic amines) is 1. The van der Waals surface area contributed by atoms with Crippen LogP contribution in [0.2, 0.25) is 10.0 Å². The molecule has 2 aromatic rings. The first-order valence-corrected chi connectivity index (χ1v) is 11.5. The molecule has 3 rings (SSSR count). The van der Waals surface area contributed by atoms with Gasteiger partial charge in [-0.2, -0.15) is 0 Å². The third-order valence-corrected chi connectivity index (χ3v) is 7.40. The van der Waals surface area contributed by atoms with E-state index in [1.165, 1.54) is 12.5 Å². The summed E-state index contributed by atoms with van der Waals surface area (Å²) in [6.07, 6.45) is 3.43. The summed E-state index contributed by atoms with van der Waals surface area (Å²) >= 11 is 12.1. The molecule has 0 aromatic heterocycles. The Morgan fingerprint density at radius 3 is 2.39 bits per heavy atom. The summed E-state index contributed by atoms with van der Waals surface area (Å²) in [5.41, 5.74) is 1.04. The smallest absolute Gasteiger partial charge is 0.242 e. The second-order valence-electron chi connectivity index (χ2n) is 6.79. The molecule has 1 fully saturated rings. The van der Waals surface area contributed by atoms with E-state index in [0.717, 1.165) is 37.2 Å². The Morgan fingerprint density at radius 2 is 1.75 bits per heavy atom. The normalized spacial score (nSPS) is 16.7. The maximum absolute atomic E-state index is 12.8.